The summed E-state index contributed by atoms with van der Waals surface area (Å²) >= 11 is 0. The summed E-state index contributed by atoms with van der Waals surface area (Å²) in [5.74, 6) is 0.613. The SMILES string of the molecule is c1ccc(-c2ccc(N(c3ccc(-c4nc5c(ccc6ccccc65)o4)cc3)c3ccc(-n4c5ccccc5c5ccccc54)cc3)cc2)cc1. The fraction of sp³-hybridized carbons (Fsp3) is 0. The van der Waals surface area contributed by atoms with Gasteiger partial charge in [-0.15, -0.1) is 0 Å². The summed E-state index contributed by atoms with van der Waals surface area (Å²) in [6.45, 7) is 0. The van der Waals surface area contributed by atoms with E-state index in [0.29, 0.717) is 5.89 Å². The van der Waals surface area contributed by atoms with Crippen LogP contribution in [0.3, 0.4) is 0 Å². The van der Waals surface area contributed by atoms with Gasteiger partial charge >= 0.3 is 0 Å². The Bertz CT molecular complexity index is 2780. The van der Waals surface area contributed by atoms with Gasteiger partial charge in [0.1, 0.15) is 5.52 Å². The number of rotatable bonds is 6. The number of para-hydroxylation sites is 2. The summed E-state index contributed by atoms with van der Waals surface area (Å²) in [5.41, 5.74) is 11.7. The molecule has 0 aliphatic rings. The van der Waals surface area contributed by atoms with Crippen LogP contribution >= 0.6 is 0 Å². The maximum absolute atomic E-state index is 6.27. The summed E-state index contributed by atoms with van der Waals surface area (Å²) < 4.78 is 8.62. The normalized spacial score (nSPS) is 11.5. The number of nitrogens with zero attached hydrogens (tertiary/aromatic N) is 3. The van der Waals surface area contributed by atoms with E-state index in [1.807, 2.05) is 18.2 Å². The first-order valence-electron chi connectivity index (χ1n) is 17.2. The van der Waals surface area contributed by atoms with Crippen molar-refractivity contribution in [2.75, 3.05) is 4.90 Å². The van der Waals surface area contributed by atoms with Gasteiger partial charge in [0.05, 0.1) is 11.0 Å². The second kappa shape index (κ2) is 11.9. The molecule has 0 unspecified atom stereocenters. The minimum absolute atomic E-state index is 0.613. The van der Waals surface area contributed by atoms with Gasteiger partial charge in [-0.1, -0.05) is 109 Å². The lowest BCUT2D eigenvalue weighted by atomic mass is 10.0. The van der Waals surface area contributed by atoms with Gasteiger partial charge in [-0.3, -0.25) is 0 Å². The Kier molecular flexibility index (Phi) is 6.78. The van der Waals surface area contributed by atoms with Crippen molar-refractivity contribution in [3.63, 3.8) is 0 Å². The lowest BCUT2D eigenvalue weighted by Crippen LogP contribution is -2.10. The molecule has 0 atom stereocenters. The number of oxazole rings is 1. The van der Waals surface area contributed by atoms with E-state index in [4.69, 9.17) is 9.40 Å². The predicted octanol–water partition coefficient (Wildman–Crippen LogP) is 12.9. The Morgan fingerprint density at radius 2 is 0.922 bits per heavy atom. The van der Waals surface area contributed by atoms with Crippen LogP contribution in [0.15, 0.2) is 192 Å². The average molecular weight is 654 g/mol. The second-order valence-corrected chi connectivity index (χ2v) is 12.8. The van der Waals surface area contributed by atoms with E-state index < -0.39 is 0 Å². The van der Waals surface area contributed by atoms with Crippen molar-refractivity contribution in [1.29, 1.82) is 0 Å². The van der Waals surface area contributed by atoms with E-state index >= 15 is 0 Å². The van der Waals surface area contributed by atoms with Crippen molar-refractivity contribution in [2.45, 2.75) is 0 Å². The van der Waals surface area contributed by atoms with E-state index in [9.17, 15) is 0 Å². The molecule has 2 aromatic heterocycles. The molecule has 0 amide bonds. The maximum Gasteiger partial charge on any atom is 0.227 e. The summed E-state index contributed by atoms with van der Waals surface area (Å²) in [4.78, 5) is 7.23. The van der Waals surface area contributed by atoms with Gasteiger partial charge in [0.25, 0.3) is 0 Å². The van der Waals surface area contributed by atoms with Gasteiger partial charge in [-0.05, 0) is 95.4 Å². The quantitative estimate of drug-likeness (QED) is 0.179. The van der Waals surface area contributed by atoms with E-state index in [2.05, 4.69) is 179 Å². The highest BCUT2D eigenvalue weighted by molar-refractivity contribution is 6.09. The van der Waals surface area contributed by atoms with Gasteiger partial charge < -0.3 is 13.9 Å². The Hall–Kier alpha value is -6.91. The van der Waals surface area contributed by atoms with Crippen LogP contribution in [0.4, 0.5) is 17.1 Å². The molecule has 0 aliphatic heterocycles. The molecule has 0 fully saturated rings. The van der Waals surface area contributed by atoms with Crippen molar-refractivity contribution in [1.82, 2.24) is 9.55 Å². The van der Waals surface area contributed by atoms with Crippen molar-refractivity contribution < 1.29 is 4.42 Å². The molecule has 8 aromatic carbocycles. The van der Waals surface area contributed by atoms with Crippen molar-refractivity contribution in [2.24, 2.45) is 0 Å². The Balaban J connectivity index is 1.06. The lowest BCUT2D eigenvalue weighted by Gasteiger charge is -2.26. The molecule has 0 saturated heterocycles. The Morgan fingerprint density at radius 1 is 0.412 bits per heavy atom. The highest BCUT2D eigenvalue weighted by atomic mass is 16.3. The summed E-state index contributed by atoms with van der Waals surface area (Å²) in [6, 6.07) is 66.3. The van der Waals surface area contributed by atoms with Crippen molar-refractivity contribution in [3.8, 4) is 28.3 Å². The largest absolute Gasteiger partial charge is 0.436 e. The topological polar surface area (TPSA) is 34.2 Å². The molecular formula is C47H31N3O. The third kappa shape index (κ3) is 4.96. The third-order valence-electron chi connectivity index (χ3n) is 9.83. The minimum Gasteiger partial charge on any atom is -0.436 e. The second-order valence-electron chi connectivity index (χ2n) is 12.8. The molecule has 4 nitrogen and oxygen atoms in total. The third-order valence-corrected chi connectivity index (χ3v) is 9.83. The molecular weight excluding hydrogens is 623 g/mol. The monoisotopic (exact) mass is 653 g/mol. The standard InChI is InChI=1S/C47H31N3O/c1-2-10-32(11-3-1)33-18-23-36(24-19-33)49(37-25-20-35(21-26-37)47-48-46-40-13-5-4-12-34(40)22-31-45(46)51-47)38-27-29-39(30-28-38)50-43-16-8-6-14-41(43)42-15-7-9-17-44(42)50/h1-31H. The molecule has 0 N–H and O–H groups in total. The molecule has 0 saturated carbocycles. The maximum atomic E-state index is 6.27. The number of benzene rings is 8. The molecule has 10 rings (SSSR count). The van der Waals surface area contributed by atoms with Crippen LogP contribution in [0.25, 0.3) is 71.9 Å². The fourth-order valence-electron chi connectivity index (χ4n) is 7.37. The fourth-order valence-corrected chi connectivity index (χ4v) is 7.37. The minimum atomic E-state index is 0.613. The van der Waals surface area contributed by atoms with Crippen LogP contribution < -0.4 is 4.90 Å². The van der Waals surface area contributed by atoms with Crippen LogP contribution in [0.1, 0.15) is 0 Å². The smallest absolute Gasteiger partial charge is 0.227 e. The van der Waals surface area contributed by atoms with E-state index in [-0.39, 0.29) is 0 Å². The van der Waals surface area contributed by atoms with Crippen LogP contribution in [0.5, 0.6) is 0 Å². The molecule has 51 heavy (non-hydrogen) atoms. The zero-order valence-corrected chi connectivity index (χ0v) is 27.6. The van der Waals surface area contributed by atoms with E-state index in [0.717, 1.165) is 50.2 Å². The van der Waals surface area contributed by atoms with Gasteiger partial charge in [-0.25, -0.2) is 4.98 Å². The van der Waals surface area contributed by atoms with Gasteiger partial charge in [0, 0.05) is 44.5 Å². The number of anilines is 3. The van der Waals surface area contributed by atoms with Crippen LogP contribution in [0.2, 0.25) is 0 Å². The zero-order chi connectivity index (χ0) is 33.7. The number of aromatic nitrogens is 2. The van der Waals surface area contributed by atoms with Gasteiger partial charge in [0.15, 0.2) is 5.58 Å². The summed E-state index contributed by atoms with van der Waals surface area (Å²) in [7, 11) is 0. The molecule has 0 aliphatic carbocycles. The Morgan fingerprint density at radius 3 is 1.57 bits per heavy atom. The van der Waals surface area contributed by atoms with Crippen molar-refractivity contribution in [3.05, 3.63) is 188 Å². The molecule has 2 heterocycles. The predicted molar refractivity (Wildman–Crippen MR) is 211 cm³/mol. The van der Waals surface area contributed by atoms with Crippen LogP contribution in [-0.4, -0.2) is 9.55 Å². The van der Waals surface area contributed by atoms with E-state index in [1.165, 1.54) is 32.9 Å². The molecule has 0 radical (unpaired) electrons. The molecule has 0 spiro atoms. The van der Waals surface area contributed by atoms with Gasteiger partial charge in [-0.2, -0.15) is 0 Å². The highest BCUT2D eigenvalue weighted by Crippen LogP contribution is 2.39. The number of hydrogen-bond acceptors (Lipinski definition) is 3. The van der Waals surface area contributed by atoms with Crippen molar-refractivity contribution >= 4 is 60.7 Å². The van der Waals surface area contributed by atoms with Crippen LogP contribution in [-0.2, 0) is 0 Å². The first kappa shape index (κ1) is 29.0. The molecule has 0 bridgehead atoms. The summed E-state index contributed by atoms with van der Waals surface area (Å²) in [6.07, 6.45) is 0. The van der Waals surface area contributed by atoms with E-state index in [1.54, 1.807) is 0 Å². The first-order chi connectivity index (χ1) is 25.3. The molecule has 10 aromatic rings. The molecule has 240 valence electrons. The number of fused-ring (bicyclic) bond motifs is 6. The molecule has 4 heteroatoms. The first-order valence-corrected chi connectivity index (χ1v) is 17.2. The lowest BCUT2D eigenvalue weighted by molar-refractivity contribution is 0.620. The van der Waals surface area contributed by atoms with Gasteiger partial charge in [0.2, 0.25) is 5.89 Å². The zero-order valence-electron chi connectivity index (χ0n) is 27.6. The Labute approximate surface area is 295 Å². The van der Waals surface area contributed by atoms with Crippen LogP contribution in [0, 0.1) is 0 Å². The average Bonchev–Trinajstić information content (AvgIpc) is 3.80. The summed E-state index contributed by atoms with van der Waals surface area (Å²) in [5, 5.41) is 4.75. The number of hydrogen-bond donors (Lipinski definition) is 0. The highest BCUT2D eigenvalue weighted by Gasteiger charge is 2.17.